The Balaban J connectivity index is 1.22. The predicted octanol–water partition coefficient (Wildman–Crippen LogP) is 4.76. The number of nitrogens with one attached hydrogen (secondary N) is 2. The van der Waals surface area contributed by atoms with Crippen LogP contribution in [0.3, 0.4) is 0 Å². The van der Waals surface area contributed by atoms with Gasteiger partial charge < -0.3 is 10.6 Å². The topological polar surface area (TPSA) is 71.1 Å². The van der Waals surface area contributed by atoms with Gasteiger partial charge in [0.25, 0.3) is 0 Å². The fourth-order valence-corrected chi connectivity index (χ4v) is 4.88. The second-order valence-corrected chi connectivity index (χ2v) is 9.34. The van der Waals surface area contributed by atoms with Gasteiger partial charge in [-0.05, 0) is 49.6 Å². The van der Waals surface area contributed by atoms with E-state index in [0.717, 1.165) is 40.4 Å². The Labute approximate surface area is 178 Å². The molecule has 0 spiro atoms. The van der Waals surface area contributed by atoms with E-state index >= 15 is 0 Å². The third kappa shape index (κ3) is 5.36. The summed E-state index contributed by atoms with van der Waals surface area (Å²) < 4.78 is 1.18. The average Bonchev–Trinajstić information content (AvgIpc) is 3.48. The molecule has 1 aromatic heterocycles. The number of carbonyl (C=O) groups is 2. The van der Waals surface area contributed by atoms with Crippen LogP contribution in [-0.4, -0.2) is 22.6 Å². The maximum Gasteiger partial charge on any atom is 0.230 e. The van der Waals surface area contributed by atoms with Crippen LogP contribution in [0.1, 0.15) is 36.4 Å². The van der Waals surface area contributed by atoms with E-state index in [-0.39, 0.29) is 23.8 Å². The second-order valence-electron chi connectivity index (χ2n) is 7.24. The molecule has 150 valence electrons. The molecule has 1 atom stereocenters. The van der Waals surface area contributed by atoms with Crippen molar-refractivity contribution in [2.24, 2.45) is 5.92 Å². The van der Waals surface area contributed by atoms with Gasteiger partial charge in [0, 0.05) is 17.4 Å². The van der Waals surface area contributed by atoms with Crippen LogP contribution in [0, 0.1) is 5.92 Å². The highest BCUT2D eigenvalue weighted by Crippen LogP contribution is 2.30. The highest BCUT2D eigenvalue weighted by Gasteiger charge is 2.29. The van der Waals surface area contributed by atoms with Gasteiger partial charge in [-0.15, -0.1) is 23.1 Å². The Kier molecular flexibility index (Phi) is 6.16. The maximum atomic E-state index is 12.3. The number of aromatic nitrogens is 1. The third-order valence-corrected chi connectivity index (χ3v) is 6.96. The number of nitrogens with zero attached hydrogens (tertiary/aromatic N) is 1. The SMILES string of the molecule is CC(NC(=O)CSCc1nc2ccccc2s1)c1ccc(NC(=O)C2CC2)cc1. The van der Waals surface area contributed by atoms with Gasteiger partial charge in [0.15, 0.2) is 0 Å². The number of carbonyl (C=O) groups excluding carboxylic acids is 2. The molecule has 0 saturated heterocycles. The quantitative estimate of drug-likeness (QED) is 0.546. The summed E-state index contributed by atoms with van der Waals surface area (Å²) in [6, 6.07) is 15.7. The Morgan fingerprint density at radius 3 is 2.66 bits per heavy atom. The van der Waals surface area contributed by atoms with Gasteiger partial charge in [-0.2, -0.15) is 0 Å². The summed E-state index contributed by atoms with van der Waals surface area (Å²) in [5.41, 5.74) is 2.83. The molecule has 0 aliphatic heterocycles. The maximum absolute atomic E-state index is 12.3. The van der Waals surface area contributed by atoms with Crippen molar-refractivity contribution >= 4 is 50.8 Å². The van der Waals surface area contributed by atoms with Gasteiger partial charge in [-0.25, -0.2) is 4.98 Å². The Morgan fingerprint density at radius 2 is 1.93 bits per heavy atom. The van der Waals surface area contributed by atoms with Crippen molar-refractivity contribution in [1.82, 2.24) is 10.3 Å². The zero-order valence-corrected chi connectivity index (χ0v) is 17.8. The Hall–Kier alpha value is -2.38. The van der Waals surface area contributed by atoms with Crippen LogP contribution < -0.4 is 10.6 Å². The molecule has 1 aliphatic rings. The molecule has 1 aliphatic carbocycles. The molecule has 2 N–H and O–H groups in total. The van der Waals surface area contributed by atoms with E-state index in [0.29, 0.717) is 5.75 Å². The van der Waals surface area contributed by atoms with Crippen LogP contribution in [0.4, 0.5) is 5.69 Å². The molecule has 0 bridgehead atoms. The first kappa shape index (κ1) is 19.9. The minimum atomic E-state index is -0.0845. The number of hydrogen-bond donors (Lipinski definition) is 2. The van der Waals surface area contributed by atoms with E-state index in [1.807, 2.05) is 49.4 Å². The van der Waals surface area contributed by atoms with Crippen molar-refractivity contribution < 1.29 is 9.59 Å². The van der Waals surface area contributed by atoms with Gasteiger partial charge in [-0.3, -0.25) is 9.59 Å². The second kappa shape index (κ2) is 8.97. The third-order valence-electron chi connectivity index (χ3n) is 4.80. The molecule has 29 heavy (non-hydrogen) atoms. The van der Waals surface area contributed by atoms with Crippen molar-refractivity contribution in [2.75, 3.05) is 11.1 Å². The summed E-state index contributed by atoms with van der Waals surface area (Å²) in [5, 5.41) is 7.01. The average molecular weight is 426 g/mol. The molecular formula is C22H23N3O2S2. The normalized spacial score (nSPS) is 14.5. The summed E-state index contributed by atoms with van der Waals surface area (Å²) in [6.07, 6.45) is 1.98. The van der Waals surface area contributed by atoms with E-state index in [9.17, 15) is 9.59 Å². The molecular weight excluding hydrogens is 402 g/mol. The van der Waals surface area contributed by atoms with Crippen molar-refractivity contribution in [3.8, 4) is 0 Å². The first-order valence-electron chi connectivity index (χ1n) is 9.71. The van der Waals surface area contributed by atoms with Crippen LogP contribution in [0.15, 0.2) is 48.5 Å². The standard InChI is InChI=1S/C22H23N3O2S2/c1-14(15-8-10-17(11-9-15)24-22(27)16-6-7-16)23-20(26)12-28-13-21-25-18-4-2-3-5-19(18)29-21/h2-5,8-11,14,16H,6-7,12-13H2,1H3,(H,23,26)(H,24,27). The first-order chi connectivity index (χ1) is 14.1. The molecule has 2 aromatic carbocycles. The number of rotatable bonds is 8. The van der Waals surface area contributed by atoms with Gasteiger partial charge in [-0.1, -0.05) is 24.3 Å². The fourth-order valence-electron chi connectivity index (χ4n) is 3.02. The first-order valence-corrected chi connectivity index (χ1v) is 11.7. The number of anilines is 1. The monoisotopic (exact) mass is 425 g/mol. The lowest BCUT2D eigenvalue weighted by atomic mass is 10.1. The van der Waals surface area contributed by atoms with Crippen LogP contribution in [0.25, 0.3) is 10.2 Å². The minimum absolute atomic E-state index is 0.00900. The summed E-state index contributed by atoms with van der Waals surface area (Å²) in [5.74, 6) is 1.43. The molecule has 1 fully saturated rings. The zero-order valence-electron chi connectivity index (χ0n) is 16.2. The van der Waals surface area contributed by atoms with Gasteiger partial charge in [0.2, 0.25) is 11.8 Å². The Morgan fingerprint density at radius 1 is 1.17 bits per heavy atom. The number of thioether (sulfide) groups is 1. The van der Waals surface area contributed by atoms with Crippen molar-refractivity contribution in [3.63, 3.8) is 0 Å². The van der Waals surface area contributed by atoms with Crippen LogP contribution in [-0.2, 0) is 15.3 Å². The van der Waals surface area contributed by atoms with E-state index in [4.69, 9.17) is 0 Å². The van der Waals surface area contributed by atoms with Crippen LogP contribution in [0.5, 0.6) is 0 Å². The lowest BCUT2D eigenvalue weighted by molar-refractivity contribution is -0.119. The summed E-state index contributed by atoms with van der Waals surface area (Å²) in [6.45, 7) is 1.97. The van der Waals surface area contributed by atoms with Gasteiger partial charge >= 0.3 is 0 Å². The highest BCUT2D eigenvalue weighted by molar-refractivity contribution is 7.99. The molecule has 5 nitrogen and oxygen atoms in total. The molecule has 3 aromatic rings. The minimum Gasteiger partial charge on any atom is -0.349 e. The lowest BCUT2D eigenvalue weighted by Gasteiger charge is -2.15. The molecule has 4 rings (SSSR count). The molecule has 0 radical (unpaired) electrons. The van der Waals surface area contributed by atoms with E-state index in [2.05, 4.69) is 21.7 Å². The molecule has 1 saturated carbocycles. The van der Waals surface area contributed by atoms with Gasteiger partial charge in [0.05, 0.1) is 22.0 Å². The largest absolute Gasteiger partial charge is 0.349 e. The zero-order chi connectivity index (χ0) is 20.2. The number of fused-ring (bicyclic) bond motifs is 1. The Bertz CT molecular complexity index is 979. The number of hydrogen-bond acceptors (Lipinski definition) is 5. The number of thiazole rings is 1. The summed E-state index contributed by atoms with van der Waals surface area (Å²) in [4.78, 5) is 28.7. The summed E-state index contributed by atoms with van der Waals surface area (Å²) in [7, 11) is 0. The van der Waals surface area contributed by atoms with Crippen molar-refractivity contribution in [2.45, 2.75) is 31.6 Å². The molecule has 1 unspecified atom stereocenters. The molecule has 1 heterocycles. The lowest BCUT2D eigenvalue weighted by Crippen LogP contribution is -2.28. The number of para-hydroxylation sites is 1. The van der Waals surface area contributed by atoms with Crippen LogP contribution >= 0.6 is 23.1 Å². The van der Waals surface area contributed by atoms with Crippen LogP contribution in [0.2, 0.25) is 0 Å². The molecule has 7 heteroatoms. The number of amides is 2. The summed E-state index contributed by atoms with van der Waals surface area (Å²) >= 11 is 3.25. The molecule has 2 amide bonds. The van der Waals surface area contributed by atoms with E-state index in [1.54, 1.807) is 23.1 Å². The van der Waals surface area contributed by atoms with Crippen molar-refractivity contribution in [3.05, 3.63) is 59.1 Å². The fraction of sp³-hybridized carbons (Fsp3) is 0.318. The van der Waals surface area contributed by atoms with Crippen molar-refractivity contribution in [1.29, 1.82) is 0 Å². The predicted molar refractivity (Wildman–Crippen MR) is 120 cm³/mol. The van der Waals surface area contributed by atoms with E-state index in [1.165, 1.54) is 4.70 Å². The number of benzene rings is 2. The highest BCUT2D eigenvalue weighted by atomic mass is 32.2. The smallest absolute Gasteiger partial charge is 0.230 e. The van der Waals surface area contributed by atoms with E-state index < -0.39 is 0 Å². The van der Waals surface area contributed by atoms with Gasteiger partial charge in [0.1, 0.15) is 5.01 Å².